The predicted octanol–water partition coefficient (Wildman–Crippen LogP) is 3.67. The molecule has 0 saturated carbocycles. The van der Waals surface area contributed by atoms with Gasteiger partial charge in [-0.05, 0) is 46.1 Å². The quantitative estimate of drug-likeness (QED) is 0.341. The highest BCUT2D eigenvalue weighted by Gasteiger charge is 2.17. The molecule has 0 unspecified atom stereocenters. The number of halogens is 1. The number of aromatic nitrogens is 3. The smallest absolute Gasteiger partial charge is 0.263 e. The van der Waals surface area contributed by atoms with Gasteiger partial charge in [-0.15, -0.1) is 11.3 Å². The second-order valence-electron chi connectivity index (χ2n) is 6.66. The van der Waals surface area contributed by atoms with Crippen LogP contribution in [-0.4, -0.2) is 41.1 Å². The highest BCUT2D eigenvalue weighted by Crippen LogP contribution is 2.25. The third kappa shape index (κ3) is 5.65. The monoisotopic (exact) mass is 512 g/mol. The maximum Gasteiger partial charge on any atom is 0.263 e. The largest absolute Gasteiger partial charge is 0.394 e. The second kappa shape index (κ2) is 9.69. The predicted molar refractivity (Wildman–Crippen MR) is 122 cm³/mol. The van der Waals surface area contributed by atoms with Crippen LogP contribution in [0.3, 0.4) is 0 Å². The van der Waals surface area contributed by atoms with Gasteiger partial charge >= 0.3 is 0 Å². The number of nitrogens with zero attached hydrogens (tertiary/aromatic N) is 3. The Hall–Kier alpha value is -2.28. The van der Waals surface area contributed by atoms with E-state index in [1.165, 1.54) is 29.7 Å². The summed E-state index contributed by atoms with van der Waals surface area (Å²) in [5, 5.41) is 17.8. The molecule has 160 valence electrons. The van der Waals surface area contributed by atoms with Crippen LogP contribution in [0.5, 0.6) is 0 Å². The Morgan fingerprint density at radius 2 is 1.93 bits per heavy atom. The fourth-order valence-electron chi connectivity index (χ4n) is 2.42. The molecule has 4 N–H and O–H groups in total. The van der Waals surface area contributed by atoms with Crippen LogP contribution in [0.1, 0.15) is 13.8 Å². The van der Waals surface area contributed by atoms with Gasteiger partial charge in [-0.2, -0.15) is 4.98 Å². The van der Waals surface area contributed by atoms with E-state index >= 15 is 0 Å². The minimum atomic E-state index is -3.71. The fraction of sp³-hybridized carbons (Fsp3) is 0.278. The molecule has 2 heterocycles. The first-order chi connectivity index (χ1) is 14.3. The van der Waals surface area contributed by atoms with Crippen LogP contribution in [0, 0.1) is 5.92 Å². The van der Waals surface area contributed by atoms with Crippen LogP contribution in [0.15, 0.2) is 51.4 Å². The van der Waals surface area contributed by atoms with Crippen molar-refractivity contribution in [2.45, 2.75) is 24.8 Å². The normalized spacial score (nSPS) is 12.6. The number of thiazole rings is 1. The molecule has 12 heteroatoms. The van der Waals surface area contributed by atoms with Gasteiger partial charge in [0.25, 0.3) is 10.0 Å². The first-order valence-electron chi connectivity index (χ1n) is 8.98. The Morgan fingerprint density at radius 1 is 1.20 bits per heavy atom. The van der Waals surface area contributed by atoms with Crippen molar-refractivity contribution in [1.29, 1.82) is 0 Å². The zero-order valence-electron chi connectivity index (χ0n) is 16.2. The first-order valence-corrected chi connectivity index (χ1v) is 12.1. The summed E-state index contributed by atoms with van der Waals surface area (Å²) in [7, 11) is -3.71. The molecule has 3 aromatic rings. The molecule has 0 fully saturated rings. The van der Waals surface area contributed by atoms with Gasteiger partial charge in [0.05, 0.1) is 22.0 Å². The van der Waals surface area contributed by atoms with Crippen LogP contribution in [0.2, 0.25) is 0 Å². The highest BCUT2D eigenvalue weighted by molar-refractivity contribution is 9.10. The number of aliphatic hydroxyl groups is 1. The number of sulfonamides is 1. The van der Waals surface area contributed by atoms with Crippen molar-refractivity contribution in [3.63, 3.8) is 0 Å². The summed E-state index contributed by atoms with van der Waals surface area (Å²) < 4.78 is 27.9. The van der Waals surface area contributed by atoms with E-state index in [9.17, 15) is 13.5 Å². The van der Waals surface area contributed by atoms with E-state index < -0.39 is 10.0 Å². The van der Waals surface area contributed by atoms with Crippen molar-refractivity contribution in [1.82, 2.24) is 15.0 Å². The molecule has 3 rings (SSSR count). The molecule has 0 spiro atoms. The minimum absolute atomic E-state index is 0.0260. The minimum Gasteiger partial charge on any atom is -0.394 e. The van der Waals surface area contributed by atoms with Gasteiger partial charge in [0.15, 0.2) is 5.13 Å². The number of rotatable bonds is 9. The van der Waals surface area contributed by atoms with Crippen molar-refractivity contribution < 1.29 is 13.5 Å². The lowest BCUT2D eigenvalue weighted by Gasteiger charge is -2.21. The summed E-state index contributed by atoms with van der Waals surface area (Å²) in [5.74, 6) is 1.09. The molecule has 1 aromatic carbocycles. The molecule has 30 heavy (non-hydrogen) atoms. The van der Waals surface area contributed by atoms with Crippen molar-refractivity contribution >= 4 is 59.9 Å². The molecule has 0 aliphatic carbocycles. The van der Waals surface area contributed by atoms with Crippen LogP contribution in [-0.2, 0) is 10.0 Å². The third-order valence-corrected chi connectivity index (χ3v) is 6.90. The summed E-state index contributed by atoms with van der Waals surface area (Å²) in [6.07, 6.45) is 3.13. The van der Waals surface area contributed by atoms with Gasteiger partial charge in [0.1, 0.15) is 5.82 Å². The van der Waals surface area contributed by atoms with Gasteiger partial charge in [0, 0.05) is 23.5 Å². The lowest BCUT2D eigenvalue weighted by atomic mass is 10.1. The van der Waals surface area contributed by atoms with Crippen molar-refractivity contribution in [3.05, 3.63) is 46.5 Å². The third-order valence-electron chi connectivity index (χ3n) is 4.14. The molecular weight excluding hydrogens is 492 g/mol. The lowest BCUT2D eigenvalue weighted by molar-refractivity contribution is 0.249. The van der Waals surface area contributed by atoms with E-state index in [0.29, 0.717) is 27.1 Å². The van der Waals surface area contributed by atoms with Gasteiger partial charge < -0.3 is 15.7 Å². The van der Waals surface area contributed by atoms with E-state index in [1.54, 1.807) is 23.7 Å². The number of hydrogen-bond acceptors (Lipinski definition) is 9. The zero-order valence-corrected chi connectivity index (χ0v) is 19.4. The Bertz CT molecular complexity index is 1080. The van der Waals surface area contributed by atoms with Crippen molar-refractivity contribution in [2.75, 3.05) is 22.0 Å². The van der Waals surface area contributed by atoms with Gasteiger partial charge in [0.2, 0.25) is 5.95 Å². The Kier molecular flexibility index (Phi) is 7.23. The average molecular weight is 513 g/mol. The van der Waals surface area contributed by atoms with Crippen molar-refractivity contribution in [2.24, 2.45) is 5.92 Å². The lowest BCUT2D eigenvalue weighted by Crippen LogP contribution is -2.30. The van der Waals surface area contributed by atoms with Gasteiger partial charge in [-0.3, -0.25) is 4.72 Å². The zero-order chi connectivity index (χ0) is 21.7. The maximum absolute atomic E-state index is 12.4. The molecule has 9 nitrogen and oxygen atoms in total. The molecule has 0 aliphatic heterocycles. The second-order valence-corrected chi connectivity index (χ2v) is 10.1. The molecule has 0 bridgehead atoms. The average Bonchev–Trinajstić information content (AvgIpc) is 3.20. The Balaban J connectivity index is 1.73. The van der Waals surface area contributed by atoms with Gasteiger partial charge in [-0.1, -0.05) is 13.8 Å². The molecule has 2 aromatic heterocycles. The summed E-state index contributed by atoms with van der Waals surface area (Å²) in [4.78, 5) is 12.7. The maximum atomic E-state index is 12.4. The Labute approximate surface area is 187 Å². The summed E-state index contributed by atoms with van der Waals surface area (Å²) >= 11 is 4.61. The van der Waals surface area contributed by atoms with E-state index in [-0.39, 0.29) is 23.5 Å². The SMILES string of the molecule is CC(C)[C@H](CO)Nc1nc(Nc2ccc(S(=O)(=O)Nc3nccs3)cc2)ncc1Br. The number of nitrogens with one attached hydrogen (secondary N) is 3. The van der Waals surface area contributed by atoms with E-state index in [0.717, 1.165) is 0 Å². The topological polar surface area (TPSA) is 129 Å². The summed E-state index contributed by atoms with van der Waals surface area (Å²) in [6, 6.07) is 6.06. The summed E-state index contributed by atoms with van der Waals surface area (Å²) in [5.41, 5.74) is 0.624. The molecule has 0 amide bonds. The fourth-order valence-corrected chi connectivity index (χ4v) is 4.52. The number of hydrogen-bond donors (Lipinski definition) is 4. The Morgan fingerprint density at radius 3 is 2.53 bits per heavy atom. The van der Waals surface area contributed by atoms with E-state index in [1.807, 2.05) is 13.8 Å². The highest BCUT2D eigenvalue weighted by atomic mass is 79.9. The summed E-state index contributed by atoms with van der Waals surface area (Å²) in [6.45, 7) is 3.98. The van der Waals surface area contributed by atoms with E-state index in [2.05, 4.69) is 46.2 Å². The molecule has 0 radical (unpaired) electrons. The number of aliphatic hydroxyl groups excluding tert-OH is 1. The van der Waals surface area contributed by atoms with Gasteiger partial charge in [-0.25, -0.2) is 18.4 Å². The molecule has 1 atom stereocenters. The number of anilines is 4. The van der Waals surface area contributed by atoms with Crippen LogP contribution < -0.4 is 15.4 Å². The molecular formula is C18H21BrN6O3S2. The van der Waals surface area contributed by atoms with Crippen LogP contribution >= 0.6 is 27.3 Å². The molecule has 0 aliphatic rings. The molecule has 0 saturated heterocycles. The van der Waals surface area contributed by atoms with E-state index in [4.69, 9.17) is 0 Å². The number of benzene rings is 1. The standard InChI is InChI=1S/C18H21BrN6O3S2/c1-11(2)15(10-26)23-16-14(19)9-21-17(24-16)22-12-3-5-13(6-4-12)30(27,28)25-18-20-7-8-29-18/h3-9,11,15,26H,10H2,1-2H3,(H,20,25)(H2,21,22,23,24)/t15-/m0/s1. The van der Waals surface area contributed by atoms with Crippen LogP contribution in [0.25, 0.3) is 0 Å². The van der Waals surface area contributed by atoms with Crippen LogP contribution in [0.4, 0.5) is 22.6 Å². The van der Waals surface area contributed by atoms with Crippen molar-refractivity contribution in [3.8, 4) is 0 Å². The first kappa shape index (κ1) is 22.4.